The normalized spacial score (nSPS) is 36.0. The van der Waals surface area contributed by atoms with Gasteiger partial charge in [0.2, 0.25) is 0 Å². The molecule has 4 nitrogen and oxygen atoms in total. The predicted octanol–water partition coefficient (Wildman–Crippen LogP) is 1.85. The molecule has 112 valence electrons. The van der Waals surface area contributed by atoms with Gasteiger partial charge in [-0.05, 0) is 36.1 Å². The topological polar surface area (TPSA) is 41.9 Å². The summed E-state index contributed by atoms with van der Waals surface area (Å²) in [4.78, 5) is 2.50. The van der Waals surface area contributed by atoms with Crippen LogP contribution in [0.4, 0.5) is 0 Å². The molecule has 1 aromatic carbocycles. The Morgan fingerprint density at radius 3 is 2.76 bits per heavy atom. The van der Waals surface area contributed by atoms with Crippen LogP contribution < -0.4 is 9.47 Å². The lowest BCUT2D eigenvalue weighted by Crippen LogP contribution is -2.49. The van der Waals surface area contributed by atoms with E-state index >= 15 is 0 Å². The molecule has 0 saturated carbocycles. The maximum Gasteiger partial charge on any atom is 0.161 e. The molecule has 2 heterocycles. The number of ether oxygens (including phenoxy) is 2. The van der Waals surface area contributed by atoms with Crippen LogP contribution in [0, 0.1) is 0 Å². The summed E-state index contributed by atoms with van der Waals surface area (Å²) in [6, 6.07) is 4.66. The molecular formula is C17H21NO3. The fraction of sp³-hybridized carbons (Fsp3) is 0.529. The molecule has 1 saturated heterocycles. The lowest BCUT2D eigenvalue weighted by atomic mass is 9.66. The molecule has 0 radical (unpaired) electrons. The Kier molecular flexibility index (Phi) is 2.81. The Bertz CT molecular complexity index is 612. The molecule has 0 aromatic heterocycles. The van der Waals surface area contributed by atoms with E-state index in [0.717, 1.165) is 37.4 Å². The third kappa shape index (κ3) is 1.69. The van der Waals surface area contributed by atoms with E-state index in [-0.39, 0.29) is 11.5 Å². The highest BCUT2D eigenvalue weighted by Gasteiger charge is 2.52. The van der Waals surface area contributed by atoms with Gasteiger partial charge in [-0.3, -0.25) is 4.90 Å². The molecule has 2 aliphatic heterocycles. The minimum atomic E-state index is -0.314. The van der Waals surface area contributed by atoms with Crippen molar-refractivity contribution in [3.8, 4) is 11.5 Å². The first-order chi connectivity index (χ1) is 10.2. The van der Waals surface area contributed by atoms with Crippen molar-refractivity contribution in [2.75, 3.05) is 20.8 Å². The third-order valence-electron chi connectivity index (χ3n) is 5.41. The minimum absolute atomic E-state index is 0.0341. The van der Waals surface area contributed by atoms with Gasteiger partial charge in [0.1, 0.15) is 0 Å². The molecule has 0 amide bonds. The summed E-state index contributed by atoms with van der Waals surface area (Å²) in [7, 11) is 3.36. The molecule has 1 fully saturated rings. The van der Waals surface area contributed by atoms with E-state index in [9.17, 15) is 5.11 Å². The van der Waals surface area contributed by atoms with Crippen molar-refractivity contribution in [2.45, 2.75) is 36.9 Å². The number of aliphatic hydroxyl groups excluding tert-OH is 1. The lowest BCUT2D eigenvalue weighted by molar-refractivity contribution is 0.110. The van der Waals surface area contributed by atoms with E-state index in [1.54, 1.807) is 14.2 Å². The fourth-order valence-electron chi connectivity index (χ4n) is 4.42. The molecule has 1 unspecified atom stereocenters. The fourth-order valence-corrected chi connectivity index (χ4v) is 4.42. The summed E-state index contributed by atoms with van der Waals surface area (Å²) in [5, 5.41) is 9.98. The van der Waals surface area contributed by atoms with Crippen molar-refractivity contribution in [1.82, 2.24) is 4.90 Å². The number of hydrogen-bond donors (Lipinski definition) is 1. The van der Waals surface area contributed by atoms with Gasteiger partial charge in [0.25, 0.3) is 0 Å². The molecule has 1 aliphatic carbocycles. The van der Waals surface area contributed by atoms with Gasteiger partial charge in [-0.15, -0.1) is 0 Å². The maximum atomic E-state index is 9.98. The van der Waals surface area contributed by atoms with Crippen LogP contribution in [0.25, 0.3) is 0 Å². The van der Waals surface area contributed by atoms with Gasteiger partial charge < -0.3 is 14.6 Å². The van der Waals surface area contributed by atoms with Gasteiger partial charge in [0.05, 0.1) is 20.3 Å². The highest BCUT2D eigenvalue weighted by Crippen LogP contribution is 2.52. The van der Waals surface area contributed by atoms with Crippen LogP contribution in [0.2, 0.25) is 0 Å². The van der Waals surface area contributed by atoms with Crippen LogP contribution in [0.15, 0.2) is 24.3 Å². The molecule has 21 heavy (non-hydrogen) atoms. The monoisotopic (exact) mass is 287 g/mol. The lowest BCUT2D eigenvalue weighted by Gasteiger charge is -2.45. The van der Waals surface area contributed by atoms with Crippen molar-refractivity contribution in [2.24, 2.45) is 0 Å². The number of fused-ring (bicyclic) bond motifs is 1. The van der Waals surface area contributed by atoms with Crippen LogP contribution in [-0.4, -0.2) is 42.9 Å². The summed E-state index contributed by atoms with van der Waals surface area (Å²) in [5.41, 5.74) is 2.70. The van der Waals surface area contributed by atoms with E-state index in [0.29, 0.717) is 6.04 Å². The molecule has 1 aromatic rings. The van der Waals surface area contributed by atoms with Gasteiger partial charge >= 0.3 is 0 Å². The predicted molar refractivity (Wildman–Crippen MR) is 79.8 cm³/mol. The first kappa shape index (κ1) is 13.2. The van der Waals surface area contributed by atoms with Crippen LogP contribution in [0.1, 0.15) is 24.0 Å². The van der Waals surface area contributed by atoms with E-state index < -0.39 is 0 Å². The second-order valence-electron chi connectivity index (χ2n) is 6.30. The van der Waals surface area contributed by atoms with E-state index in [4.69, 9.17) is 9.47 Å². The van der Waals surface area contributed by atoms with Crippen LogP contribution in [0.5, 0.6) is 11.5 Å². The van der Waals surface area contributed by atoms with E-state index in [1.807, 2.05) is 6.08 Å². The smallest absolute Gasteiger partial charge is 0.161 e. The Hall–Kier alpha value is -1.52. The number of benzene rings is 1. The number of methoxy groups -OCH3 is 2. The van der Waals surface area contributed by atoms with Crippen molar-refractivity contribution in [1.29, 1.82) is 0 Å². The molecule has 4 rings (SSSR count). The number of hydrogen-bond acceptors (Lipinski definition) is 4. The van der Waals surface area contributed by atoms with E-state index in [2.05, 4.69) is 23.1 Å². The zero-order valence-electron chi connectivity index (χ0n) is 12.5. The van der Waals surface area contributed by atoms with Gasteiger partial charge in [-0.25, -0.2) is 0 Å². The Labute approximate surface area is 125 Å². The largest absolute Gasteiger partial charge is 0.493 e. The zero-order chi connectivity index (χ0) is 14.6. The standard InChI is InChI=1S/C17H21NO3/c1-20-14-7-11-10-18-6-5-17(13(11)9-15(14)21-2)4-3-12(19)8-16(17)18/h3-4,7,9,12,16,19H,5-6,8,10H2,1-2H3/t12-,16-,17-/m1/s1. The second kappa shape index (κ2) is 4.49. The molecule has 1 N–H and O–H groups in total. The summed E-state index contributed by atoms with van der Waals surface area (Å²) in [6.45, 7) is 2.02. The number of rotatable bonds is 2. The third-order valence-corrected chi connectivity index (χ3v) is 5.41. The summed E-state index contributed by atoms with van der Waals surface area (Å²) in [6.07, 6.45) is 5.82. The van der Waals surface area contributed by atoms with Crippen LogP contribution in [-0.2, 0) is 12.0 Å². The average molecular weight is 287 g/mol. The van der Waals surface area contributed by atoms with Crippen molar-refractivity contribution >= 4 is 0 Å². The molecule has 4 atom stereocenters. The maximum absolute atomic E-state index is 9.98. The first-order valence-electron chi connectivity index (χ1n) is 7.55. The molecule has 0 spiro atoms. The Morgan fingerprint density at radius 1 is 1.24 bits per heavy atom. The quantitative estimate of drug-likeness (QED) is 0.843. The van der Waals surface area contributed by atoms with E-state index in [1.165, 1.54) is 11.1 Å². The Morgan fingerprint density at radius 2 is 2.00 bits per heavy atom. The summed E-state index contributed by atoms with van der Waals surface area (Å²) >= 11 is 0. The highest BCUT2D eigenvalue weighted by atomic mass is 16.5. The number of nitrogens with zero attached hydrogens (tertiary/aromatic N) is 1. The molecular weight excluding hydrogens is 266 g/mol. The van der Waals surface area contributed by atoms with Crippen LogP contribution >= 0.6 is 0 Å². The van der Waals surface area contributed by atoms with Crippen molar-refractivity contribution in [3.63, 3.8) is 0 Å². The zero-order valence-corrected chi connectivity index (χ0v) is 12.5. The second-order valence-corrected chi connectivity index (χ2v) is 6.30. The summed E-state index contributed by atoms with van der Waals surface area (Å²) in [5.74, 6) is 1.59. The molecule has 4 heteroatoms. The average Bonchev–Trinajstić information content (AvgIpc) is 2.78. The van der Waals surface area contributed by atoms with Crippen molar-refractivity contribution in [3.05, 3.63) is 35.4 Å². The number of aliphatic hydroxyl groups is 1. The molecule has 3 aliphatic rings. The van der Waals surface area contributed by atoms with Gasteiger partial charge in [-0.2, -0.15) is 0 Å². The van der Waals surface area contributed by atoms with Gasteiger partial charge in [-0.1, -0.05) is 12.2 Å². The van der Waals surface area contributed by atoms with Gasteiger partial charge in [0, 0.05) is 24.5 Å². The molecule has 2 bridgehead atoms. The Balaban J connectivity index is 1.91. The van der Waals surface area contributed by atoms with Crippen molar-refractivity contribution < 1.29 is 14.6 Å². The van der Waals surface area contributed by atoms with Crippen LogP contribution in [0.3, 0.4) is 0 Å². The summed E-state index contributed by atoms with van der Waals surface area (Å²) < 4.78 is 10.9. The first-order valence-corrected chi connectivity index (χ1v) is 7.55. The highest BCUT2D eigenvalue weighted by molar-refractivity contribution is 5.55. The SMILES string of the molecule is COc1cc2c(cc1OC)[C@]13C=C[C@@H](O)C[C@H]1N(CC3)C2. The van der Waals surface area contributed by atoms with Gasteiger partial charge in [0.15, 0.2) is 11.5 Å². The minimum Gasteiger partial charge on any atom is -0.493 e.